The molecule has 1 N–H and O–H groups in total. The van der Waals surface area contributed by atoms with Crippen LogP contribution in [0.1, 0.15) is 38.3 Å². The summed E-state index contributed by atoms with van der Waals surface area (Å²) in [4.78, 5) is 0. The van der Waals surface area contributed by atoms with Crippen molar-refractivity contribution in [3.8, 4) is 0 Å². The third-order valence-corrected chi connectivity index (χ3v) is 3.73. The van der Waals surface area contributed by atoms with Gasteiger partial charge in [0.05, 0.1) is 6.10 Å². The second-order valence-electron chi connectivity index (χ2n) is 5.78. The van der Waals surface area contributed by atoms with Crippen LogP contribution in [0.5, 0.6) is 0 Å². The number of nitrogens with one attached hydrogen (secondary N) is 1. The molecule has 0 aliphatic carbocycles. The SMILES string of the molecule is CCCNC(Cc1ccc(F)cc1C)C(OC)C(C)C. The summed E-state index contributed by atoms with van der Waals surface area (Å²) >= 11 is 0. The highest BCUT2D eigenvalue weighted by molar-refractivity contribution is 5.27. The van der Waals surface area contributed by atoms with Gasteiger partial charge < -0.3 is 10.1 Å². The number of rotatable bonds is 8. The Bertz CT molecular complexity index is 406. The van der Waals surface area contributed by atoms with Crippen LogP contribution in [-0.2, 0) is 11.2 Å². The van der Waals surface area contributed by atoms with Crippen molar-refractivity contribution in [2.75, 3.05) is 13.7 Å². The zero-order valence-corrected chi connectivity index (χ0v) is 13.4. The molecular formula is C17H28FNO. The minimum Gasteiger partial charge on any atom is -0.380 e. The van der Waals surface area contributed by atoms with Gasteiger partial charge in [-0.2, -0.15) is 0 Å². The summed E-state index contributed by atoms with van der Waals surface area (Å²) in [6.45, 7) is 9.44. The minimum absolute atomic E-state index is 0.158. The van der Waals surface area contributed by atoms with Crippen molar-refractivity contribution >= 4 is 0 Å². The van der Waals surface area contributed by atoms with Gasteiger partial charge in [-0.3, -0.25) is 0 Å². The van der Waals surface area contributed by atoms with Crippen LogP contribution in [0.25, 0.3) is 0 Å². The topological polar surface area (TPSA) is 21.3 Å². The van der Waals surface area contributed by atoms with E-state index in [1.54, 1.807) is 13.2 Å². The van der Waals surface area contributed by atoms with Crippen LogP contribution in [0.3, 0.4) is 0 Å². The number of benzene rings is 1. The van der Waals surface area contributed by atoms with Gasteiger partial charge in [-0.15, -0.1) is 0 Å². The standard InChI is InChI=1S/C17H28FNO/c1-6-9-19-16(17(20-5)12(2)3)11-14-7-8-15(18)10-13(14)4/h7-8,10,12,16-17,19H,6,9,11H2,1-5H3. The molecule has 0 amide bonds. The van der Waals surface area contributed by atoms with Crippen molar-refractivity contribution in [1.82, 2.24) is 5.32 Å². The highest BCUT2D eigenvalue weighted by Gasteiger charge is 2.24. The molecule has 0 fully saturated rings. The summed E-state index contributed by atoms with van der Waals surface area (Å²) in [5.74, 6) is 0.270. The summed E-state index contributed by atoms with van der Waals surface area (Å²) < 4.78 is 18.9. The molecule has 0 aromatic heterocycles. The third kappa shape index (κ3) is 4.88. The van der Waals surface area contributed by atoms with Gasteiger partial charge in [-0.1, -0.05) is 26.8 Å². The number of methoxy groups -OCH3 is 1. The van der Waals surface area contributed by atoms with Crippen LogP contribution >= 0.6 is 0 Å². The Kier molecular flexibility index (Phi) is 7.17. The van der Waals surface area contributed by atoms with E-state index in [1.165, 1.54) is 11.6 Å². The first-order valence-corrected chi connectivity index (χ1v) is 7.50. The lowest BCUT2D eigenvalue weighted by atomic mass is 9.92. The first-order chi connectivity index (χ1) is 9.49. The molecule has 0 saturated heterocycles. The van der Waals surface area contributed by atoms with Gasteiger partial charge in [0.15, 0.2) is 0 Å². The Morgan fingerprint density at radius 1 is 1.30 bits per heavy atom. The van der Waals surface area contributed by atoms with Crippen molar-refractivity contribution in [3.05, 3.63) is 35.1 Å². The smallest absolute Gasteiger partial charge is 0.123 e. The number of hydrogen-bond acceptors (Lipinski definition) is 2. The molecule has 1 aromatic rings. The van der Waals surface area contributed by atoms with Crippen LogP contribution in [0.15, 0.2) is 18.2 Å². The van der Waals surface area contributed by atoms with Crippen molar-refractivity contribution in [2.45, 2.75) is 52.7 Å². The molecule has 0 saturated carbocycles. The molecular weight excluding hydrogens is 253 g/mol. The zero-order valence-electron chi connectivity index (χ0n) is 13.4. The second-order valence-corrected chi connectivity index (χ2v) is 5.78. The van der Waals surface area contributed by atoms with Gasteiger partial charge in [-0.05, 0) is 55.5 Å². The van der Waals surface area contributed by atoms with Crippen molar-refractivity contribution in [2.24, 2.45) is 5.92 Å². The second kappa shape index (κ2) is 8.38. The fourth-order valence-corrected chi connectivity index (χ4v) is 2.66. The van der Waals surface area contributed by atoms with Gasteiger partial charge in [0, 0.05) is 13.2 Å². The maximum Gasteiger partial charge on any atom is 0.123 e. The molecule has 2 atom stereocenters. The molecule has 0 spiro atoms. The van der Waals surface area contributed by atoms with E-state index in [-0.39, 0.29) is 18.0 Å². The van der Waals surface area contributed by atoms with E-state index in [9.17, 15) is 4.39 Å². The average molecular weight is 281 g/mol. The van der Waals surface area contributed by atoms with Crippen molar-refractivity contribution < 1.29 is 9.13 Å². The Morgan fingerprint density at radius 3 is 2.50 bits per heavy atom. The quantitative estimate of drug-likeness (QED) is 0.784. The highest BCUT2D eigenvalue weighted by Crippen LogP contribution is 2.18. The minimum atomic E-state index is -0.170. The van der Waals surface area contributed by atoms with E-state index >= 15 is 0 Å². The Hall–Kier alpha value is -0.930. The highest BCUT2D eigenvalue weighted by atomic mass is 19.1. The predicted octanol–water partition coefficient (Wildman–Crippen LogP) is 3.72. The van der Waals surface area contributed by atoms with E-state index < -0.39 is 0 Å². The van der Waals surface area contributed by atoms with Crippen LogP contribution in [0.2, 0.25) is 0 Å². The van der Waals surface area contributed by atoms with Gasteiger partial charge in [-0.25, -0.2) is 4.39 Å². The lowest BCUT2D eigenvalue weighted by molar-refractivity contribution is 0.0332. The molecule has 3 heteroatoms. The maximum atomic E-state index is 13.2. The van der Waals surface area contributed by atoms with Crippen molar-refractivity contribution in [1.29, 1.82) is 0 Å². The summed E-state index contributed by atoms with van der Waals surface area (Å²) in [7, 11) is 1.77. The molecule has 2 nitrogen and oxygen atoms in total. The first-order valence-electron chi connectivity index (χ1n) is 7.50. The normalized spacial score (nSPS) is 14.6. The fraction of sp³-hybridized carbons (Fsp3) is 0.647. The number of halogens is 1. The molecule has 20 heavy (non-hydrogen) atoms. The van der Waals surface area contributed by atoms with Crippen molar-refractivity contribution in [3.63, 3.8) is 0 Å². The molecule has 1 aromatic carbocycles. The summed E-state index contributed by atoms with van der Waals surface area (Å²) in [6.07, 6.45) is 2.11. The fourth-order valence-electron chi connectivity index (χ4n) is 2.66. The monoisotopic (exact) mass is 281 g/mol. The Labute approximate surface area is 122 Å². The zero-order chi connectivity index (χ0) is 15.1. The van der Waals surface area contributed by atoms with E-state index in [0.717, 1.165) is 24.9 Å². The Balaban J connectivity index is 2.87. The van der Waals surface area contributed by atoms with E-state index in [2.05, 4.69) is 26.1 Å². The molecule has 0 radical (unpaired) electrons. The van der Waals surface area contributed by atoms with Crippen LogP contribution < -0.4 is 5.32 Å². The molecule has 2 unspecified atom stereocenters. The maximum absolute atomic E-state index is 13.2. The lowest BCUT2D eigenvalue weighted by Gasteiger charge is -2.30. The molecule has 0 aliphatic heterocycles. The summed E-state index contributed by atoms with van der Waals surface area (Å²) in [6, 6.07) is 5.28. The predicted molar refractivity (Wildman–Crippen MR) is 82.6 cm³/mol. The van der Waals surface area contributed by atoms with Crippen LogP contribution in [-0.4, -0.2) is 25.8 Å². The molecule has 0 heterocycles. The van der Waals surface area contributed by atoms with Gasteiger partial charge in [0.1, 0.15) is 5.82 Å². The Morgan fingerprint density at radius 2 is 2.00 bits per heavy atom. The van der Waals surface area contributed by atoms with E-state index in [4.69, 9.17) is 4.74 Å². The largest absolute Gasteiger partial charge is 0.380 e. The molecule has 114 valence electrons. The number of hydrogen-bond donors (Lipinski definition) is 1. The summed E-state index contributed by atoms with van der Waals surface area (Å²) in [5.41, 5.74) is 2.19. The molecule has 0 bridgehead atoms. The number of aryl methyl sites for hydroxylation is 1. The first kappa shape index (κ1) is 17.1. The van der Waals surface area contributed by atoms with Crippen LogP contribution in [0, 0.1) is 18.7 Å². The summed E-state index contributed by atoms with van der Waals surface area (Å²) in [5, 5.41) is 3.57. The molecule has 1 rings (SSSR count). The van der Waals surface area contributed by atoms with Gasteiger partial charge >= 0.3 is 0 Å². The lowest BCUT2D eigenvalue weighted by Crippen LogP contribution is -2.45. The average Bonchev–Trinajstić information content (AvgIpc) is 2.39. The van der Waals surface area contributed by atoms with Crippen LogP contribution in [0.4, 0.5) is 4.39 Å². The van der Waals surface area contributed by atoms with E-state index in [1.807, 2.05) is 13.0 Å². The van der Waals surface area contributed by atoms with Gasteiger partial charge in [0.25, 0.3) is 0 Å². The van der Waals surface area contributed by atoms with E-state index in [0.29, 0.717) is 5.92 Å². The number of ether oxygens (including phenoxy) is 1. The molecule has 0 aliphatic rings. The third-order valence-electron chi connectivity index (χ3n) is 3.73. The van der Waals surface area contributed by atoms with Gasteiger partial charge in [0.2, 0.25) is 0 Å².